The molecule has 0 radical (unpaired) electrons. The number of aliphatic hydroxyl groups is 4. The molecule has 57 heavy (non-hydrogen) atoms. The Morgan fingerprint density at radius 2 is 1.75 bits per heavy atom. The smallest absolute Gasteiger partial charge is 0.341 e. The van der Waals surface area contributed by atoms with Crippen LogP contribution in [-0.2, 0) is 43.8 Å². The first-order valence-electron chi connectivity index (χ1n) is 18.5. The number of allylic oxidation sites excluding steroid dienone is 1. The molecule has 16 heteroatoms. The molecule has 1 aliphatic heterocycles. The fraction of sp³-hybridized carbons (Fsp3) is 0.463. The number of Topliss-reactive ketones (excluding diaryl/α,β-unsaturated/α-hetero) is 2. The largest absolute Gasteiger partial charge is 0.507 e. The molecule has 3 aliphatic carbocycles. The van der Waals surface area contributed by atoms with E-state index in [2.05, 4.69) is 5.32 Å². The number of phenols is 2. The van der Waals surface area contributed by atoms with Gasteiger partial charge in [0.2, 0.25) is 0 Å². The lowest BCUT2D eigenvalue weighted by Crippen LogP contribution is -2.63. The van der Waals surface area contributed by atoms with Crippen LogP contribution in [0.4, 0.5) is 0 Å². The van der Waals surface area contributed by atoms with Gasteiger partial charge in [-0.2, -0.15) is 0 Å². The minimum absolute atomic E-state index is 0.0334. The van der Waals surface area contributed by atoms with Crippen molar-refractivity contribution in [1.29, 1.82) is 5.41 Å². The van der Waals surface area contributed by atoms with E-state index in [1.807, 2.05) is 0 Å². The van der Waals surface area contributed by atoms with Gasteiger partial charge in [0.15, 0.2) is 17.8 Å². The van der Waals surface area contributed by atoms with Crippen molar-refractivity contribution < 1.29 is 68.4 Å². The summed E-state index contributed by atoms with van der Waals surface area (Å²) in [7, 11) is 3.91. The summed E-state index contributed by atoms with van der Waals surface area (Å²) in [5.41, 5.74) is -3.02. The quantitative estimate of drug-likeness (QED) is 0.144. The van der Waals surface area contributed by atoms with Gasteiger partial charge < -0.3 is 64.7 Å². The number of ether oxygens (including phenoxy) is 4. The van der Waals surface area contributed by atoms with E-state index in [1.54, 1.807) is 32.9 Å². The van der Waals surface area contributed by atoms with E-state index in [9.17, 15) is 45.0 Å². The SMILES string of the molecule is COC(=O)c1c(C)cc2c(c1O)C1C(=O)c3cc4c(c(O)c3C(=O)C1[C@H](O)C2)C(=N)C=C(N[C@H]1O[C@@H](C)[C@H](OC)[C@@H](O)[C@H]1OC)C4(O)Cc1coc(CC(C)O)c1. The first-order chi connectivity index (χ1) is 27.0. The van der Waals surface area contributed by atoms with Gasteiger partial charge in [-0.3, -0.25) is 9.59 Å². The predicted octanol–water partition coefficient (Wildman–Crippen LogP) is 1.83. The molecule has 4 aliphatic rings. The summed E-state index contributed by atoms with van der Waals surface area (Å²) in [6, 6.07) is 4.39. The Kier molecular flexibility index (Phi) is 10.4. The monoisotopic (exact) mass is 790 g/mol. The van der Waals surface area contributed by atoms with Gasteiger partial charge in [-0.05, 0) is 62.1 Å². The molecule has 1 fully saturated rings. The van der Waals surface area contributed by atoms with Gasteiger partial charge in [0, 0.05) is 49.3 Å². The second kappa shape index (κ2) is 14.8. The average Bonchev–Trinajstić information content (AvgIpc) is 3.57. The zero-order chi connectivity index (χ0) is 41.4. The maximum Gasteiger partial charge on any atom is 0.341 e. The van der Waals surface area contributed by atoms with Crippen molar-refractivity contribution in [3.05, 3.63) is 92.1 Å². The number of carbonyl (C=O) groups is 3. The third-order valence-corrected chi connectivity index (χ3v) is 11.7. The molecule has 8 N–H and O–H groups in total. The Labute approximate surface area is 327 Å². The molecule has 10 atom stereocenters. The lowest BCUT2D eigenvalue weighted by molar-refractivity contribution is -0.237. The lowest BCUT2D eigenvalue weighted by Gasteiger charge is -2.46. The summed E-state index contributed by atoms with van der Waals surface area (Å²) in [5.74, 6) is -6.40. The van der Waals surface area contributed by atoms with Crippen molar-refractivity contribution in [2.45, 2.75) is 94.4 Å². The van der Waals surface area contributed by atoms with Crippen LogP contribution >= 0.6 is 0 Å². The van der Waals surface area contributed by atoms with Crippen molar-refractivity contribution in [3.63, 3.8) is 0 Å². The van der Waals surface area contributed by atoms with E-state index in [-0.39, 0.29) is 58.5 Å². The number of fused-ring (bicyclic) bond motifs is 5. The van der Waals surface area contributed by atoms with Crippen LogP contribution in [0.2, 0.25) is 0 Å². The summed E-state index contributed by atoms with van der Waals surface area (Å²) >= 11 is 0. The Bertz CT molecular complexity index is 2210. The summed E-state index contributed by atoms with van der Waals surface area (Å²) in [6.45, 7) is 4.82. The number of hydrogen-bond donors (Lipinski definition) is 8. The zero-order valence-corrected chi connectivity index (χ0v) is 32.2. The molecule has 304 valence electrons. The highest BCUT2D eigenvalue weighted by Gasteiger charge is 2.54. The van der Waals surface area contributed by atoms with E-state index in [0.717, 1.165) is 7.11 Å². The number of ketones is 2. The van der Waals surface area contributed by atoms with Crippen LogP contribution in [0.1, 0.15) is 90.0 Å². The minimum Gasteiger partial charge on any atom is -0.507 e. The standard InChI is InChI=1S/C41H46N2O14/c1-15-7-19-10-24(45)30-31(27(19)33(47)26(15)40(51)55-6)32(46)21-11-22-29(34(48)28(21)35(30)49)23(42)12-25(41(22,52)13-18-9-20(56-14-18)8-16(2)44)43-39-38(54-5)36(50)37(53-4)17(3)57-39/h7,9,11-12,14,16-17,24,30-31,36-39,42-45,47-48,50,52H,8,10,13H2,1-6H3/t16?,17-,24+,30?,31?,36+,37-,38+,39-,41?/m0/s1. The normalized spacial score (nSPS) is 29.8. The predicted molar refractivity (Wildman–Crippen MR) is 199 cm³/mol. The highest BCUT2D eigenvalue weighted by atomic mass is 16.6. The molecule has 16 nitrogen and oxygen atoms in total. The molecule has 0 spiro atoms. The Morgan fingerprint density at radius 1 is 1.05 bits per heavy atom. The van der Waals surface area contributed by atoms with Crippen LogP contribution in [0.5, 0.6) is 11.5 Å². The second-order valence-corrected chi connectivity index (χ2v) is 15.3. The highest BCUT2D eigenvalue weighted by molar-refractivity contribution is 6.23. The second-order valence-electron chi connectivity index (χ2n) is 15.3. The summed E-state index contributed by atoms with van der Waals surface area (Å²) in [5, 5.41) is 81.2. The van der Waals surface area contributed by atoms with Gasteiger partial charge in [0.25, 0.3) is 0 Å². The number of nitrogens with one attached hydrogen (secondary N) is 2. The number of carbonyl (C=O) groups excluding carboxylic acids is 3. The fourth-order valence-corrected chi connectivity index (χ4v) is 9.12. The van der Waals surface area contributed by atoms with E-state index in [4.69, 9.17) is 28.8 Å². The molecular formula is C41H46N2O14. The molecule has 0 saturated carbocycles. The Balaban J connectivity index is 1.40. The van der Waals surface area contributed by atoms with Crippen LogP contribution in [0, 0.1) is 18.3 Å². The van der Waals surface area contributed by atoms with Crippen molar-refractivity contribution in [3.8, 4) is 11.5 Å². The number of rotatable bonds is 9. The van der Waals surface area contributed by atoms with Gasteiger partial charge in [-0.25, -0.2) is 4.79 Å². The average molecular weight is 791 g/mol. The molecule has 7 rings (SSSR count). The molecule has 0 bridgehead atoms. The van der Waals surface area contributed by atoms with Gasteiger partial charge >= 0.3 is 5.97 Å². The fourth-order valence-electron chi connectivity index (χ4n) is 9.12. The van der Waals surface area contributed by atoms with Crippen molar-refractivity contribution in [2.75, 3.05) is 21.3 Å². The summed E-state index contributed by atoms with van der Waals surface area (Å²) in [6.07, 6.45) is -4.64. The molecule has 2 heterocycles. The van der Waals surface area contributed by atoms with Crippen LogP contribution in [0.15, 0.2) is 40.7 Å². The lowest BCUT2D eigenvalue weighted by atomic mass is 9.62. The number of esters is 1. The van der Waals surface area contributed by atoms with Gasteiger partial charge in [0.1, 0.15) is 46.7 Å². The van der Waals surface area contributed by atoms with Crippen molar-refractivity contribution in [1.82, 2.24) is 5.32 Å². The first-order valence-corrected chi connectivity index (χ1v) is 18.5. The van der Waals surface area contributed by atoms with Crippen LogP contribution in [-0.4, -0.2) is 118 Å². The van der Waals surface area contributed by atoms with Crippen LogP contribution < -0.4 is 5.32 Å². The number of methoxy groups -OCH3 is 3. The molecule has 1 saturated heterocycles. The number of furan rings is 1. The Morgan fingerprint density at radius 3 is 2.40 bits per heavy atom. The van der Waals surface area contributed by atoms with Gasteiger partial charge in [-0.1, -0.05) is 6.07 Å². The van der Waals surface area contributed by atoms with E-state index < -0.39 is 94.9 Å². The molecule has 3 aromatic rings. The summed E-state index contributed by atoms with van der Waals surface area (Å²) in [4.78, 5) is 42.0. The van der Waals surface area contributed by atoms with Crippen molar-refractivity contribution >= 4 is 23.2 Å². The third-order valence-electron chi connectivity index (χ3n) is 11.7. The van der Waals surface area contributed by atoms with Gasteiger partial charge in [-0.15, -0.1) is 0 Å². The van der Waals surface area contributed by atoms with Crippen LogP contribution in [0.3, 0.4) is 0 Å². The highest BCUT2D eigenvalue weighted by Crippen LogP contribution is 2.53. The van der Waals surface area contributed by atoms with Crippen LogP contribution in [0.25, 0.3) is 0 Å². The zero-order valence-electron chi connectivity index (χ0n) is 32.2. The molecule has 4 unspecified atom stereocenters. The van der Waals surface area contributed by atoms with Crippen molar-refractivity contribution in [2.24, 2.45) is 5.92 Å². The maximum absolute atomic E-state index is 14.8. The number of aliphatic hydroxyl groups excluding tert-OH is 3. The Hall–Kier alpha value is -4.94. The minimum atomic E-state index is -2.23. The topological polar surface area (TPSA) is 259 Å². The number of phenolic OH excluding ortho intramolecular Hbond substituents is 2. The van der Waals surface area contributed by atoms with E-state index in [0.29, 0.717) is 22.5 Å². The van der Waals surface area contributed by atoms with Gasteiger partial charge in [0.05, 0.1) is 60.5 Å². The number of aryl methyl sites for hydroxylation is 1. The maximum atomic E-state index is 14.8. The first kappa shape index (κ1) is 40.3. The number of benzene rings is 2. The molecular weight excluding hydrogens is 744 g/mol. The van der Waals surface area contributed by atoms with E-state index in [1.165, 1.54) is 32.6 Å². The number of aromatic hydroxyl groups is 2. The molecule has 2 aromatic carbocycles. The van der Waals surface area contributed by atoms with E-state index >= 15 is 0 Å². The summed E-state index contributed by atoms with van der Waals surface area (Å²) < 4.78 is 27.8. The number of hydrogen-bond acceptors (Lipinski definition) is 16. The molecule has 0 amide bonds. The molecule has 1 aromatic heterocycles. The third kappa shape index (κ3) is 6.36.